The number of methoxy groups -OCH3 is 1. The first-order valence-corrected chi connectivity index (χ1v) is 8.54. The van der Waals surface area contributed by atoms with Gasteiger partial charge in [-0.25, -0.2) is 4.98 Å². The normalized spacial score (nSPS) is 11.7. The Morgan fingerprint density at radius 2 is 2.10 bits per heavy atom. The second-order valence-electron chi connectivity index (χ2n) is 5.95. The van der Waals surface area contributed by atoms with Crippen molar-refractivity contribution >= 4 is 33.0 Å². The van der Waals surface area contributed by atoms with E-state index < -0.39 is 0 Å². The summed E-state index contributed by atoms with van der Waals surface area (Å²) in [5.41, 5.74) is 3.40. The van der Waals surface area contributed by atoms with Gasteiger partial charge >= 0.3 is 0 Å². The minimum atomic E-state index is 0.111. The highest BCUT2D eigenvalue weighted by atomic mass is 79.9. The molecule has 5 heteroatoms. The second kappa shape index (κ2) is 6.90. The minimum absolute atomic E-state index is 0.111. The number of benzene rings is 1. The topological polar surface area (TPSA) is 34.1 Å². The zero-order valence-electron chi connectivity index (χ0n) is 12.9. The number of aromatic nitrogens is 1. The van der Waals surface area contributed by atoms with Crippen LogP contribution in [-0.2, 0) is 23.3 Å². The van der Waals surface area contributed by atoms with E-state index in [2.05, 4.69) is 53.5 Å². The summed E-state index contributed by atoms with van der Waals surface area (Å²) in [6.45, 7) is 7.87. The highest BCUT2D eigenvalue weighted by Crippen LogP contribution is 2.28. The lowest BCUT2D eigenvalue weighted by Gasteiger charge is -2.14. The smallest absolute Gasteiger partial charge is 0.0982 e. The maximum atomic E-state index is 5.27. The monoisotopic (exact) mass is 368 g/mol. The number of thiazole rings is 1. The standard InChI is InChI=1S/C16H21BrN2OS/c1-16(2,3)15-19-11(10-21-15)8-18-14-7-5-6-13(17)12(14)9-20-4/h5-7,10,18H,8-9H2,1-4H3. The van der Waals surface area contributed by atoms with Gasteiger partial charge in [-0.15, -0.1) is 11.3 Å². The predicted molar refractivity (Wildman–Crippen MR) is 93.0 cm³/mol. The number of ether oxygens (including phenoxy) is 1. The fraction of sp³-hybridized carbons (Fsp3) is 0.438. The van der Waals surface area contributed by atoms with Crippen LogP contribution in [0, 0.1) is 0 Å². The largest absolute Gasteiger partial charge is 0.380 e. The molecule has 0 amide bonds. The van der Waals surface area contributed by atoms with Crippen molar-refractivity contribution < 1.29 is 4.74 Å². The van der Waals surface area contributed by atoms with Gasteiger partial charge in [0.2, 0.25) is 0 Å². The molecule has 0 aliphatic heterocycles. The molecule has 0 unspecified atom stereocenters. The molecule has 0 radical (unpaired) electrons. The molecule has 0 aliphatic carbocycles. The van der Waals surface area contributed by atoms with Gasteiger partial charge in [0.05, 0.1) is 23.9 Å². The zero-order valence-corrected chi connectivity index (χ0v) is 15.3. The van der Waals surface area contributed by atoms with Gasteiger partial charge in [0.1, 0.15) is 0 Å². The number of anilines is 1. The number of nitrogens with zero attached hydrogens (tertiary/aromatic N) is 1. The molecule has 114 valence electrons. The van der Waals surface area contributed by atoms with E-state index in [0.29, 0.717) is 6.61 Å². The molecular formula is C16H21BrN2OS. The third-order valence-electron chi connectivity index (χ3n) is 3.06. The molecule has 0 atom stereocenters. The van der Waals surface area contributed by atoms with E-state index in [1.54, 1.807) is 18.4 Å². The van der Waals surface area contributed by atoms with Crippen molar-refractivity contribution in [2.45, 2.75) is 39.3 Å². The van der Waals surface area contributed by atoms with E-state index in [9.17, 15) is 0 Å². The van der Waals surface area contributed by atoms with Crippen LogP contribution >= 0.6 is 27.3 Å². The Balaban J connectivity index is 2.10. The van der Waals surface area contributed by atoms with Gasteiger partial charge in [-0.3, -0.25) is 0 Å². The fourth-order valence-corrected chi connectivity index (χ4v) is 3.32. The Morgan fingerprint density at radius 1 is 1.33 bits per heavy atom. The molecule has 0 aliphatic rings. The molecule has 0 fully saturated rings. The van der Waals surface area contributed by atoms with Crippen molar-refractivity contribution in [1.29, 1.82) is 0 Å². The molecule has 0 saturated heterocycles. The Bertz CT molecular complexity index is 605. The lowest BCUT2D eigenvalue weighted by Crippen LogP contribution is -2.11. The first-order valence-electron chi connectivity index (χ1n) is 6.87. The Morgan fingerprint density at radius 3 is 2.71 bits per heavy atom. The molecule has 21 heavy (non-hydrogen) atoms. The third-order valence-corrected chi connectivity index (χ3v) is 5.12. The average molecular weight is 369 g/mol. The van der Waals surface area contributed by atoms with Crippen molar-refractivity contribution in [2.24, 2.45) is 0 Å². The minimum Gasteiger partial charge on any atom is -0.380 e. The number of hydrogen-bond acceptors (Lipinski definition) is 4. The predicted octanol–water partition coefficient (Wildman–Crippen LogP) is 4.96. The molecule has 0 saturated carbocycles. The highest BCUT2D eigenvalue weighted by Gasteiger charge is 2.18. The first kappa shape index (κ1) is 16.5. The molecule has 1 aromatic carbocycles. The molecule has 2 rings (SSSR count). The lowest BCUT2D eigenvalue weighted by atomic mass is 9.98. The number of nitrogens with one attached hydrogen (secondary N) is 1. The van der Waals surface area contributed by atoms with Crippen LogP contribution in [0.5, 0.6) is 0 Å². The summed E-state index contributed by atoms with van der Waals surface area (Å²) in [4.78, 5) is 4.71. The van der Waals surface area contributed by atoms with Gasteiger partial charge in [0.15, 0.2) is 0 Å². The quantitative estimate of drug-likeness (QED) is 0.809. The van der Waals surface area contributed by atoms with Gasteiger partial charge in [0.25, 0.3) is 0 Å². The highest BCUT2D eigenvalue weighted by molar-refractivity contribution is 9.10. The van der Waals surface area contributed by atoms with E-state index in [-0.39, 0.29) is 5.41 Å². The molecule has 1 N–H and O–H groups in total. The molecule has 0 bridgehead atoms. The average Bonchev–Trinajstić information content (AvgIpc) is 2.88. The summed E-state index contributed by atoms with van der Waals surface area (Å²) in [5, 5.41) is 6.75. The van der Waals surface area contributed by atoms with Crippen LogP contribution in [0.3, 0.4) is 0 Å². The van der Waals surface area contributed by atoms with Crippen LogP contribution in [0.25, 0.3) is 0 Å². The van der Waals surface area contributed by atoms with Crippen molar-refractivity contribution in [1.82, 2.24) is 4.98 Å². The van der Waals surface area contributed by atoms with Crippen LogP contribution in [0.1, 0.15) is 37.0 Å². The van der Waals surface area contributed by atoms with Crippen LogP contribution in [0.15, 0.2) is 28.1 Å². The molecule has 3 nitrogen and oxygen atoms in total. The Kier molecular flexibility index (Phi) is 5.41. The van der Waals surface area contributed by atoms with E-state index in [4.69, 9.17) is 9.72 Å². The summed E-state index contributed by atoms with van der Waals surface area (Å²) in [5.74, 6) is 0. The molecule has 1 aromatic heterocycles. The molecule has 2 aromatic rings. The number of hydrogen-bond donors (Lipinski definition) is 1. The van der Waals surface area contributed by atoms with E-state index in [1.165, 1.54) is 5.01 Å². The van der Waals surface area contributed by atoms with Crippen LogP contribution in [0.4, 0.5) is 5.69 Å². The number of rotatable bonds is 5. The van der Waals surface area contributed by atoms with Gasteiger partial charge < -0.3 is 10.1 Å². The summed E-state index contributed by atoms with van der Waals surface area (Å²) in [6, 6.07) is 6.11. The molecule has 0 spiro atoms. The Labute approximate surface area is 138 Å². The number of halogens is 1. The summed E-state index contributed by atoms with van der Waals surface area (Å²) in [7, 11) is 1.71. The van der Waals surface area contributed by atoms with Gasteiger partial charge in [-0.1, -0.05) is 42.8 Å². The zero-order chi connectivity index (χ0) is 15.5. The summed E-state index contributed by atoms with van der Waals surface area (Å²) in [6.07, 6.45) is 0. The molecule has 1 heterocycles. The van der Waals surface area contributed by atoms with Crippen LogP contribution < -0.4 is 5.32 Å². The van der Waals surface area contributed by atoms with Crippen LogP contribution in [-0.4, -0.2) is 12.1 Å². The van der Waals surface area contributed by atoms with Gasteiger partial charge in [-0.2, -0.15) is 0 Å². The third kappa shape index (κ3) is 4.28. The first-order chi connectivity index (χ1) is 9.91. The SMILES string of the molecule is COCc1c(Br)cccc1NCc1csc(C(C)(C)C)n1. The van der Waals surface area contributed by atoms with E-state index in [0.717, 1.165) is 28.0 Å². The van der Waals surface area contributed by atoms with Crippen molar-refractivity contribution in [3.05, 3.63) is 44.3 Å². The lowest BCUT2D eigenvalue weighted by molar-refractivity contribution is 0.185. The van der Waals surface area contributed by atoms with Crippen LogP contribution in [0.2, 0.25) is 0 Å². The second-order valence-corrected chi connectivity index (χ2v) is 7.66. The maximum absolute atomic E-state index is 5.27. The van der Waals surface area contributed by atoms with Crippen molar-refractivity contribution in [2.75, 3.05) is 12.4 Å². The Hall–Kier alpha value is -0.910. The fourth-order valence-electron chi connectivity index (χ4n) is 1.93. The van der Waals surface area contributed by atoms with Gasteiger partial charge in [0, 0.05) is 33.6 Å². The summed E-state index contributed by atoms with van der Waals surface area (Å²) < 4.78 is 6.32. The molecular weight excluding hydrogens is 348 g/mol. The van der Waals surface area contributed by atoms with Crippen molar-refractivity contribution in [3.8, 4) is 0 Å². The van der Waals surface area contributed by atoms with Gasteiger partial charge in [-0.05, 0) is 12.1 Å². The van der Waals surface area contributed by atoms with Crippen molar-refractivity contribution in [3.63, 3.8) is 0 Å². The van der Waals surface area contributed by atoms with E-state index >= 15 is 0 Å². The summed E-state index contributed by atoms with van der Waals surface area (Å²) >= 11 is 5.30. The van der Waals surface area contributed by atoms with E-state index in [1.807, 2.05) is 12.1 Å². The maximum Gasteiger partial charge on any atom is 0.0982 e.